The molecule has 0 aliphatic heterocycles. The Morgan fingerprint density at radius 1 is 1.42 bits per heavy atom. The van der Waals surface area contributed by atoms with Gasteiger partial charge in [-0.3, -0.25) is 0 Å². The molecule has 104 valence electrons. The van der Waals surface area contributed by atoms with Crippen molar-refractivity contribution < 1.29 is 14.7 Å². The first-order chi connectivity index (χ1) is 9.03. The van der Waals surface area contributed by atoms with E-state index in [1.165, 1.54) is 0 Å². The summed E-state index contributed by atoms with van der Waals surface area (Å²) in [6.07, 6.45) is 2.69. The van der Waals surface area contributed by atoms with Gasteiger partial charge in [0.2, 0.25) is 0 Å². The predicted molar refractivity (Wildman–Crippen MR) is 73.2 cm³/mol. The van der Waals surface area contributed by atoms with Gasteiger partial charge in [-0.2, -0.15) is 0 Å². The van der Waals surface area contributed by atoms with Crippen molar-refractivity contribution in [3.8, 4) is 0 Å². The Labute approximate surface area is 116 Å². The van der Waals surface area contributed by atoms with E-state index in [-0.39, 0.29) is 6.04 Å². The van der Waals surface area contributed by atoms with Gasteiger partial charge in [0.15, 0.2) is 0 Å². The first kappa shape index (κ1) is 13.9. The fourth-order valence-electron chi connectivity index (χ4n) is 2.43. The van der Waals surface area contributed by atoms with E-state index in [1.807, 2.05) is 24.4 Å². The van der Waals surface area contributed by atoms with E-state index in [2.05, 4.69) is 10.6 Å². The van der Waals surface area contributed by atoms with Gasteiger partial charge in [-0.15, -0.1) is 11.3 Å². The molecule has 1 unspecified atom stereocenters. The highest BCUT2D eigenvalue weighted by Gasteiger charge is 2.42. The molecule has 0 saturated heterocycles. The predicted octanol–water partition coefficient (Wildman–Crippen LogP) is 2.51. The lowest BCUT2D eigenvalue weighted by atomic mass is 9.98. The number of urea groups is 1. The molecule has 1 heterocycles. The van der Waals surface area contributed by atoms with Crippen LogP contribution in [0.4, 0.5) is 4.79 Å². The number of thiophene rings is 1. The average molecular weight is 282 g/mol. The van der Waals surface area contributed by atoms with Crippen LogP contribution < -0.4 is 10.6 Å². The highest BCUT2D eigenvalue weighted by molar-refractivity contribution is 7.10. The molecule has 1 aliphatic carbocycles. The molecule has 0 aromatic carbocycles. The maximum atomic E-state index is 11.9. The van der Waals surface area contributed by atoms with Crippen LogP contribution in [0.2, 0.25) is 0 Å². The molecule has 5 nitrogen and oxygen atoms in total. The molecule has 3 N–H and O–H groups in total. The third-order valence-electron chi connectivity index (χ3n) is 3.54. The Hall–Kier alpha value is -1.56. The molecular formula is C13H18N2O3S. The molecule has 1 saturated carbocycles. The summed E-state index contributed by atoms with van der Waals surface area (Å²) in [6.45, 7) is 1.88. The van der Waals surface area contributed by atoms with Gasteiger partial charge < -0.3 is 15.7 Å². The molecule has 1 aliphatic rings. The summed E-state index contributed by atoms with van der Waals surface area (Å²) in [6, 6.07) is 3.33. The van der Waals surface area contributed by atoms with Crippen molar-refractivity contribution >= 4 is 23.3 Å². The van der Waals surface area contributed by atoms with E-state index in [1.54, 1.807) is 11.3 Å². The summed E-state index contributed by atoms with van der Waals surface area (Å²) in [7, 11) is 0. The Balaban J connectivity index is 1.95. The zero-order valence-corrected chi connectivity index (χ0v) is 11.6. The highest BCUT2D eigenvalue weighted by atomic mass is 32.1. The second kappa shape index (κ2) is 5.61. The standard InChI is InChI=1S/C13H18N2O3S/c1-9(10-5-4-8-19-10)14-12(18)15-13(11(16)17)6-2-3-7-13/h4-5,8-9H,2-3,6-7H2,1H3,(H,16,17)(H2,14,15,18). The van der Waals surface area contributed by atoms with Crippen molar-refractivity contribution in [2.24, 2.45) is 0 Å². The zero-order chi connectivity index (χ0) is 13.9. The maximum Gasteiger partial charge on any atom is 0.329 e. The number of carbonyl (C=O) groups excluding carboxylic acids is 1. The van der Waals surface area contributed by atoms with E-state index in [0.29, 0.717) is 12.8 Å². The number of carbonyl (C=O) groups is 2. The summed E-state index contributed by atoms with van der Waals surface area (Å²) < 4.78 is 0. The van der Waals surface area contributed by atoms with Gasteiger partial charge in [-0.25, -0.2) is 9.59 Å². The number of hydrogen-bond donors (Lipinski definition) is 3. The zero-order valence-electron chi connectivity index (χ0n) is 10.8. The van der Waals surface area contributed by atoms with E-state index in [0.717, 1.165) is 17.7 Å². The molecule has 6 heteroatoms. The molecular weight excluding hydrogens is 264 g/mol. The summed E-state index contributed by atoms with van der Waals surface area (Å²) in [5, 5.41) is 16.7. The van der Waals surface area contributed by atoms with Gasteiger partial charge in [-0.1, -0.05) is 18.9 Å². The molecule has 0 bridgehead atoms. The molecule has 0 radical (unpaired) electrons. The molecule has 1 atom stereocenters. The minimum absolute atomic E-state index is 0.118. The van der Waals surface area contributed by atoms with Crippen LogP contribution in [0.5, 0.6) is 0 Å². The maximum absolute atomic E-state index is 11.9. The minimum atomic E-state index is -1.08. The van der Waals surface area contributed by atoms with Gasteiger partial charge in [0.1, 0.15) is 5.54 Å². The first-order valence-electron chi connectivity index (χ1n) is 6.39. The van der Waals surface area contributed by atoms with Crippen LogP contribution in [-0.2, 0) is 4.79 Å². The fraction of sp³-hybridized carbons (Fsp3) is 0.538. The van der Waals surface area contributed by atoms with Crippen molar-refractivity contribution in [2.75, 3.05) is 0 Å². The molecule has 1 aromatic heterocycles. The van der Waals surface area contributed by atoms with E-state index in [9.17, 15) is 14.7 Å². The quantitative estimate of drug-likeness (QED) is 0.794. The summed E-state index contributed by atoms with van der Waals surface area (Å²) in [5.41, 5.74) is -1.08. The number of carboxylic acids is 1. The van der Waals surface area contributed by atoms with Crippen molar-refractivity contribution in [1.82, 2.24) is 10.6 Å². The van der Waals surface area contributed by atoms with Gasteiger partial charge in [0.05, 0.1) is 6.04 Å². The number of aliphatic carboxylic acids is 1. The lowest BCUT2D eigenvalue weighted by Crippen LogP contribution is -2.55. The van der Waals surface area contributed by atoms with Crippen LogP contribution in [0, 0.1) is 0 Å². The Bertz CT molecular complexity index is 452. The number of nitrogens with one attached hydrogen (secondary N) is 2. The lowest BCUT2D eigenvalue weighted by Gasteiger charge is -2.26. The smallest absolute Gasteiger partial charge is 0.329 e. The second-order valence-corrected chi connectivity index (χ2v) is 5.91. The Morgan fingerprint density at radius 3 is 2.63 bits per heavy atom. The number of carboxylic acid groups (broad SMARTS) is 1. The van der Waals surface area contributed by atoms with Crippen LogP contribution >= 0.6 is 11.3 Å². The van der Waals surface area contributed by atoms with Crippen molar-refractivity contribution in [2.45, 2.75) is 44.2 Å². The van der Waals surface area contributed by atoms with Crippen molar-refractivity contribution in [3.05, 3.63) is 22.4 Å². The number of hydrogen-bond acceptors (Lipinski definition) is 3. The molecule has 0 spiro atoms. The van der Waals surface area contributed by atoms with Crippen LogP contribution in [0.25, 0.3) is 0 Å². The highest BCUT2D eigenvalue weighted by Crippen LogP contribution is 2.30. The van der Waals surface area contributed by atoms with Gasteiger partial charge in [0, 0.05) is 4.88 Å². The van der Waals surface area contributed by atoms with E-state index < -0.39 is 17.5 Å². The SMILES string of the molecule is CC(NC(=O)NC1(C(=O)O)CCCC1)c1cccs1. The van der Waals surface area contributed by atoms with Gasteiger partial charge >= 0.3 is 12.0 Å². The largest absolute Gasteiger partial charge is 0.480 e. The third kappa shape index (κ3) is 3.07. The third-order valence-corrected chi connectivity index (χ3v) is 4.59. The lowest BCUT2D eigenvalue weighted by molar-refractivity contribution is -0.144. The second-order valence-electron chi connectivity index (χ2n) is 4.93. The average Bonchev–Trinajstić information content (AvgIpc) is 2.99. The number of amides is 2. The van der Waals surface area contributed by atoms with Crippen LogP contribution in [0.15, 0.2) is 17.5 Å². The van der Waals surface area contributed by atoms with Crippen LogP contribution in [0.3, 0.4) is 0 Å². The van der Waals surface area contributed by atoms with Crippen molar-refractivity contribution in [1.29, 1.82) is 0 Å². The van der Waals surface area contributed by atoms with Crippen LogP contribution in [0.1, 0.15) is 43.5 Å². The molecule has 19 heavy (non-hydrogen) atoms. The van der Waals surface area contributed by atoms with E-state index in [4.69, 9.17) is 0 Å². The number of rotatable bonds is 4. The molecule has 2 rings (SSSR count). The normalized spacial score (nSPS) is 18.8. The molecule has 2 amide bonds. The topological polar surface area (TPSA) is 78.4 Å². The van der Waals surface area contributed by atoms with E-state index >= 15 is 0 Å². The van der Waals surface area contributed by atoms with Crippen molar-refractivity contribution in [3.63, 3.8) is 0 Å². The molecule has 1 fully saturated rings. The Kier molecular flexibility index (Phi) is 4.09. The monoisotopic (exact) mass is 282 g/mol. The van der Waals surface area contributed by atoms with Gasteiger partial charge in [-0.05, 0) is 31.2 Å². The first-order valence-corrected chi connectivity index (χ1v) is 7.27. The van der Waals surface area contributed by atoms with Gasteiger partial charge in [0.25, 0.3) is 0 Å². The minimum Gasteiger partial charge on any atom is -0.480 e. The fourth-order valence-corrected chi connectivity index (χ4v) is 3.16. The summed E-state index contributed by atoms with van der Waals surface area (Å²) >= 11 is 1.56. The summed E-state index contributed by atoms with van der Waals surface area (Å²) in [4.78, 5) is 24.3. The molecule has 1 aromatic rings. The summed E-state index contributed by atoms with van der Waals surface area (Å²) in [5.74, 6) is -0.941. The van der Waals surface area contributed by atoms with Crippen LogP contribution in [-0.4, -0.2) is 22.6 Å². The Morgan fingerprint density at radius 2 is 2.11 bits per heavy atom.